The largest absolute Gasteiger partial charge is 0.486 e. The molecule has 3 heterocycles. The lowest BCUT2D eigenvalue weighted by Crippen LogP contribution is -2.26. The molecule has 6 nitrogen and oxygen atoms in total. The van der Waals surface area contributed by atoms with Gasteiger partial charge in [0.2, 0.25) is 0 Å². The Kier molecular flexibility index (Phi) is 4.47. The molecule has 0 radical (unpaired) electrons. The lowest BCUT2D eigenvalue weighted by atomic mass is 10.1. The summed E-state index contributed by atoms with van der Waals surface area (Å²) in [7, 11) is 1.76. The number of nitrogens with zero attached hydrogens (tertiary/aromatic N) is 1. The van der Waals surface area contributed by atoms with Crippen LogP contribution in [0.15, 0.2) is 53.3 Å². The fourth-order valence-electron chi connectivity index (χ4n) is 3.79. The summed E-state index contributed by atoms with van der Waals surface area (Å²) in [4.78, 5) is 26.2. The van der Waals surface area contributed by atoms with Crippen LogP contribution in [0.2, 0.25) is 0 Å². The van der Waals surface area contributed by atoms with Crippen LogP contribution in [0.4, 0.5) is 0 Å². The maximum atomic E-state index is 13.0. The molecule has 1 atom stereocenters. The minimum absolute atomic E-state index is 0.0983. The van der Waals surface area contributed by atoms with Crippen molar-refractivity contribution in [1.82, 2.24) is 9.88 Å². The van der Waals surface area contributed by atoms with Gasteiger partial charge in [0.05, 0.1) is 21.8 Å². The standard InChI is InChI=1S/C23H20N2O4S/c1-13(14-7-8-18-19(11-14)29-10-9-28-18)24-22(26)20-12-16-21(30-20)15-5-3-4-6-17(15)25(2)23(16)27/h3-8,11-13H,9-10H2,1-2H3,(H,24,26). The number of benzene rings is 2. The molecule has 1 aliphatic heterocycles. The van der Waals surface area contributed by atoms with Crippen LogP contribution in [0, 0.1) is 0 Å². The van der Waals surface area contributed by atoms with Gasteiger partial charge in [-0.1, -0.05) is 24.3 Å². The van der Waals surface area contributed by atoms with Gasteiger partial charge < -0.3 is 19.4 Å². The third-order valence-electron chi connectivity index (χ3n) is 5.41. The van der Waals surface area contributed by atoms with Crippen LogP contribution in [0.1, 0.15) is 28.2 Å². The predicted molar refractivity (Wildman–Crippen MR) is 118 cm³/mol. The summed E-state index contributed by atoms with van der Waals surface area (Å²) in [5.74, 6) is 1.21. The number of carbonyl (C=O) groups excluding carboxylic acids is 1. The normalized spacial score (nSPS) is 14.1. The van der Waals surface area contributed by atoms with Crippen molar-refractivity contribution >= 4 is 38.2 Å². The molecule has 7 heteroatoms. The van der Waals surface area contributed by atoms with Crippen LogP contribution in [-0.2, 0) is 7.05 Å². The lowest BCUT2D eigenvalue weighted by Gasteiger charge is -2.21. The molecule has 2 aromatic heterocycles. The van der Waals surface area contributed by atoms with Crippen molar-refractivity contribution in [3.63, 3.8) is 0 Å². The van der Waals surface area contributed by atoms with E-state index in [0.717, 1.165) is 26.9 Å². The van der Waals surface area contributed by atoms with E-state index in [1.165, 1.54) is 11.3 Å². The molecule has 1 aliphatic rings. The van der Waals surface area contributed by atoms with E-state index in [1.807, 2.05) is 49.4 Å². The summed E-state index contributed by atoms with van der Waals surface area (Å²) in [5, 5.41) is 4.57. The molecule has 1 N–H and O–H groups in total. The Labute approximate surface area is 176 Å². The molecule has 1 amide bonds. The van der Waals surface area contributed by atoms with Gasteiger partial charge in [-0.3, -0.25) is 9.59 Å². The van der Waals surface area contributed by atoms with E-state index < -0.39 is 0 Å². The van der Waals surface area contributed by atoms with Crippen molar-refractivity contribution in [3.05, 3.63) is 69.3 Å². The zero-order chi connectivity index (χ0) is 20.8. The Hall–Kier alpha value is -3.32. The van der Waals surface area contributed by atoms with Gasteiger partial charge in [0.25, 0.3) is 11.5 Å². The molecule has 0 saturated carbocycles. The Bertz CT molecular complexity index is 1350. The van der Waals surface area contributed by atoms with E-state index >= 15 is 0 Å². The first-order chi connectivity index (χ1) is 14.5. The van der Waals surface area contributed by atoms with Gasteiger partial charge in [-0.05, 0) is 36.8 Å². The van der Waals surface area contributed by atoms with E-state index in [1.54, 1.807) is 17.7 Å². The molecule has 0 fully saturated rings. The minimum atomic E-state index is -0.224. The fraction of sp³-hybridized carbons (Fsp3) is 0.217. The Morgan fingerprint density at radius 1 is 1.07 bits per heavy atom. The van der Waals surface area contributed by atoms with Gasteiger partial charge in [0.1, 0.15) is 13.2 Å². The second-order valence-electron chi connectivity index (χ2n) is 7.33. The van der Waals surface area contributed by atoms with Gasteiger partial charge in [-0.15, -0.1) is 11.3 Å². The number of carbonyl (C=O) groups is 1. The second kappa shape index (κ2) is 7.18. The molecule has 152 valence electrons. The van der Waals surface area contributed by atoms with Crippen molar-refractivity contribution in [3.8, 4) is 11.5 Å². The summed E-state index contributed by atoms with van der Waals surface area (Å²) >= 11 is 1.35. The van der Waals surface area contributed by atoms with Crippen LogP contribution < -0.4 is 20.3 Å². The van der Waals surface area contributed by atoms with Gasteiger partial charge in [-0.2, -0.15) is 0 Å². The average molecular weight is 420 g/mol. The summed E-state index contributed by atoms with van der Waals surface area (Å²) in [6, 6.07) is 14.9. The predicted octanol–water partition coefficient (Wildman–Crippen LogP) is 4.02. The molecule has 5 rings (SSSR count). The van der Waals surface area contributed by atoms with Crippen molar-refractivity contribution in [1.29, 1.82) is 0 Å². The summed E-state index contributed by atoms with van der Waals surface area (Å²) in [5.41, 5.74) is 1.68. The number of nitrogens with one attached hydrogen (secondary N) is 1. The van der Waals surface area contributed by atoms with Gasteiger partial charge in [-0.25, -0.2) is 0 Å². The first-order valence-electron chi connectivity index (χ1n) is 9.74. The first kappa shape index (κ1) is 18.7. The number of hydrogen-bond acceptors (Lipinski definition) is 5. The molecule has 1 unspecified atom stereocenters. The molecule has 2 aromatic carbocycles. The third-order valence-corrected chi connectivity index (χ3v) is 6.58. The maximum absolute atomic E-state index is 13.0. The molecular formula is C23H20N2O4S. The van der Waals surface area contributed by atoms with E-state index in [0.29, 0.717) is 29.2 Å². The number of hydrogen-bond donors (Lipinski definition) is 1. The number of rotatable bonds is 3. The summed E-state index contributed by atoms with van der Waals surface area (Å²) in [6.45, 7) is 2.98. The maximum Gasteiger partial charge on any atom is 0.261 e. The number of ether oxygens (including phenoxy) is 2. The van der Waals surface area contributed by atoms with E-state index in [4.69, 9.17) is 9.47 Å². The van der Waals surface area contributed by atoms with Crippen molar-refractivity contribution < 1.29 is 14.3 Å². The van der Waals surface area contributed by atoms with Gasteiger partial charge >= 0.3 is 0 Å². The first-order valence-corrected chi connectivity index (χ1v) is 10.6. The number of fused-ring (bicyclic) bond motifs is 4. The SMILES string of the molecule is CC(NC(=O)c1cc2c(=O)n(C)c3ccccc3c2s1)c1ccc2c(c1)OCCO2. The zero-order valence-corrected chi connectivity index (χ0v) is 17.4. The highest BCUT2D eigenvalue weighted by Crippen LogP contribution is 2.33. The van der Waals surface area contributed by atoms with Crippen LogP contribution in [0.5, 0.6) is 11.5 Å². The second-order valence-corrected chi connectivity index (χ2v) is 8.39. The number of aryl methyl sites for hydroxylation is 1. The molecule has 0 saturated heterocycles. The monoisotopic (exact) mass is 420 g/mol. The quantitative estimate of drug-likeness (QED) is 0.544. The van der Waals surface area contributed by atoms with Crippen LogP contribution in [0.25, 0.3) is 21.0 Å². The molecule has 0 bridgehead atoms. The highest BCUT2D eigenvalue weighted by atomic mass is 32.1. The van der Waals surface area contributed by atoms with E-state index in [2.05, 4.69) is 5.32 Å². The highest BCUT2D eigenvalue weighted by molar-refractivity contribution is 7.21. The van der Waals surface area contributed by atoms with E-state index in [-0.39, 0.29) is 17.5 Å². The average Bonchev–Trinajstić information content (AvgIpc) is 3.23. The summed E-state index contributed by atoms with van der Waals surface area (Å²) in [6.07, 6.45) is 0. The Morgan fingerprint density at radius 2 is 1.83 bits per heavy atom. The van der Waals surface area contributed by atoms with Crippen molar-refractivity contribution in [2.45, 2.75) is 13.0 Å². The Balaban J connectivity index is 1.47. The van der Waals surface area contributed by atoms with Crippen molar-refractivity contribution in [2.24, 2.45) is 7.05 Å². The molecule has 0 spiro atoms. The van der Waals surface area contributed by atoms with Gasteiger partial charge in [0.15, 0.2) is 11.5 Å². The molecule has 4 aromatic rings. The van der Waals surface area contributed by atoms with E-state index in [9.17, 15) is 9.59 Å². The van der Waals surface area contributed by atoms with Crippen LogP contribution in [0.3, 0.4) is 0 Å². The number of aromatic nitrogens is 1. The van der Waals surface area contributed by atoms with Crippen LogP contribution in [-0.4, -0.2) is 23.7 Å². The number of amides is 1. The van der Waals surface area contributed by atoms with Crippen LogP contribution >= 0.6 is 11.3 Å². The fourth-order valence-corrected chi connectivity index (χ4v) is 4.88. The van der Waals surface area contributed by atoms with Crippen molar-refractivity contribution in [2.75, 3.05) is 13.2 Å². The number of pyridine rings is 1. The molecule has 0 aliphatic carbocycles. The topological polar surface area (TPSA) is 69.6 Å². The third kappa shape index (κ3) is 3.02. The smallest absolute Gasteiger partial charge is 0.261 e. The zero-order valence-electron chi connectivity index (χ0n) is 16.6. The lowest BCUT2D eigenvalue weighted by molar-refractivity contribution is 0.0944. The Morgan fingerprint density at radius 3 is 2.67 bits per heavy atom. The molecular weight excluding hydrogens is 400 g/mol. The highest BCUT2D eigenvalue weighted by Gasteiger charge is 2.19. The number of para-hydroxylation sites is 1. The molecule has 30 heavy (non-hydrogen) atoms. The minimum Gasteiger partial charge on any atom is -0.486 e. The van der Waals surface area contributed by atoms with Gasteiger partial charge in [0, 0.05) is 17.1 Å². The number of thiophene rings is 1. The summed E-state index contributed by atoms with van der Waals surface area (Å²) < 4.78 is 13.7.